The van der Waals surface area contributed by atoms with E-state index >= 15 is 0 Å². The maximum atomic E-state index is 12.0. The van der Waals surface area contributed by atoms with E-state index in [1.165, 1.54) is 0 Å². The van der Waals surface area contributed by atoms with Gasteiger partial charge >= 0.3 is 0 Å². The zero-order valence-electron chi connectivity index (χ0n) is 12.5. The number of anilines is 1. The molecule has 1 saturated heterocycles. The zero-order valence-corrected chi connectivity index (χ0v) is 12.5. The number of nitrogens with one attached hydrogen (secondary N) is 1. The van der Waals surface area contributed by atoms with Gasteiger partial charge in [-0.2, -0.15) is 5.10 Å². The van der Waals surface area contributed by atoms with E-state index in [4.69, 9.17) is 0 Å². The first-order chi connectivity index (χ1) is 9.45. The van der Waals surface area contributed by atoms with Crippen molar-refractivity contribution in [2.45, 2.75) is 32.8 Å². The van der Waals surface area contributed by atoms with Gasteiger partial charge in [-0.15, -0.1) is 0 Å². The number of amides is 1. The minimum atomic E-state index is -0.247. The van der Waals surface area contributed by atoms with Crippen LogP contribution in [0.15, 0.2) is 6.07 Å². The Morgan fingerprint density at radius 3 is 2.70 bits per heavy atom. The lowest BCUT2D eigenvalue weighted by Gasteiger charge is -2.32. The summed E-state index contributed by atoms with van der Waals surface area (Å²) in [5.41, 5.74) is 0.889. The van der Waals surface area contributed by atoms with Crippen LogP contribution >= 0.6 is 0 Å². The number of hydrogen-bond donors (Lipinski definition) is 2. The van der Waals surface area contributed by atoms with E-state index in [0.29, 0.717) is 12.5 Å². The third-order valence-electron chi connectivity index (χ3n) is 3.95. The molecule has 112 valence electrons. The first-order valence-corrected chi connectivity index (χ1v) is 7.16. The molecule has 1 aliphatic rings. The normalized spacial score (nSPS) is 19.0. The minimum absolute atomic E-state index is 0.0107. The van der Waals surface area contributed by atoms with Crippen LogP contribution in [0.3, 0.4) is 0 Å². The maximum Gasteiger partial charge on any atom is 0.239 e. The molecule has 1 atom stereocenters. The number of hydrogen-bond acceptors (Lipinski definition) is 4. The quantitative estimate of drug-likeness (QED) is 0.854. The highest BCUT2D eigenvalue weighted by molar-refractivity contribution is 5.91. The van der Waals surface area contributed by atoms with Crippen molar-refractivity contribution in [1.82, 2.24) is 14.7 Å². The summed E-state index contributed by atoms with van der Waals surface area (Å²) < 4.78 is 1.67. The molecule has 1 aromatic rings. The van der Waals surface area contributed by atoms with Crippen molar-refractivity contribution in [1.29, 1.82) is 0 Å². The summed E-state index contributed by atoms with van der Waals surface area (Å²) in [5.74, 6) is 1.09. The lowest BCUT2D eigenvalue weighted by molar-refractivity contribution is -0.117. The Morgan fingerprint density at radius 1 is 1.55 bits per heavy atom. The molecule has 0 aliphatic carbocycles. The highest BCUT2D eigenvalue weighted by atomic mass is 16.3. The summed E-state index contributed by atoms with van der Waals surface area (Å²) in [4.78, 5) is 14.2. The Bertz CT molecular complexity index is 462. The van der Waals surface area contributed by atoms with Crippen LogP contribution in [0, 0.1) is 12.8 Å². The molecule has 6 heteroatoms. The molecule has 1 unspecified atom stereocenters. The van der Waals surface area contributed by atoms with Crippen LogP contribution in [-0.2, 0) is 11.8 Å². The Labute approximate surface area is 119 Å². The second kappa shape index (κ2) is 6.37. The van der Waals surface area contributed by atoms with Crippen molar-refractivity contribution in [3.8, 4) is 0 Å². The van der Waals surface area contributed by atoms with Gasteiger partial charge in [-0.05, 0) is 45.7 Å². The number of carbonyl (C=O) groups is 1. The van der Waals surface area contributed by atoms with Gasteiger partial charge in [0.15, 0.2) is 0 Å². The van der Waals surface area contributed by atoms with Crippen LogP contribution in [0.5, 0.6) is 0 Å². The molecule has 0 aromatic carbocycles. The van der Waals surface area contributed by atoms with E-state index < -0.39 is 0 Å². The largest absolute Gasteiger partial charge is 0.393 e. The number of aromatic nitrogens is 2. The average molecular weight is 280 g/mol. The molecule has 0 radical (unpaired) electrons. The summed E-state index contributed by atoms with van der Waals surface area (Å²) in [7, 11) is 1.82. The number of aliphatic hydroxyl groups excluding tert-OH is 1. The van der Waals surface area contributed by atoms with Crippen LogP contribution < -0.4 is 5.32 Å². The lowest BCUT2D eigenvalue weighted by Crippen LogP contribution is -2.41. The van der Waals surface area contributed by atoms with Crippen LogP contribution in [-0.4, -0.2) is 51.4 Å². The molecule has 2 heterocycles. The Morgan fingerprint density at radius 2 is 2.20 bits per heavy atom. The SMILES string of the molecule is Cc1cc(NC(=O)CN2CCC(C(C)O)CC2)n(C)n1. The second-order valence-electron chi connectivity index (χ2n) is 5.70. The number of carbonyl (C=O) groups excluding carboxylic acids is 1. The van der Waals surface area contributed by atoms with Crippen molar-refractivity contribution in [2.75, 3.05) is 25.0 Å². The number of piperidine rings is 1. The predicted molar refractivity (Wildman–Crippen MR) is 77.4 cm³/mol. The van der Waals surface area contributed by atoms with Gasteiger partial charge < -0.3 is 10.4 Å². The number of nitrogens with zero attached hydrogens (tertiary/aromatic N) is 3. The molecule has 1 aromatic heterocycles. The molecule has 20 heavy (non-hydrogen) atoms. The molecule has 2 N–H and O–H groups in total. The van der Waals surface area contributed by atoms with Gasteiger partial charge in [-0.25, -0.2) is 0 Å². The van der Waals surface area contributed by atoms with Crippen LogP contribution in [0.4, 0.5) is 5.82 Å². The molecule has 0 bridgehead atoms. The van der Waals surface area contributed by atoms with Crippen molar-refractivity contribution < 1.29 is 9.90 Å². The van der Waals surface area contributed by atoms with Gasteiger partial charge in [0, 0.05) is 13.1 Å². The molecule has 1 aliphatic heterocycles. The first kappa shape index (κ1) is 15.0. The highest BCUT2D eigenvalue weighted by Gasteiger charge is 2.23. The third kappa shape index (κ3) is 3.80. The number of likely N-dealkylation sites (tertiary alicyclic amines) is 1. The molecule has 0 saturated carbocycles. The van der Waals surface area contributed by atoms with Gasteiger partial charge in [-0.1, -0.05) is 0 Å². The highest BCUT2D eigenvalue weighted by Crippen LogP contribution is 2.20. The van der Waals surface area contributed by atoms with E-state index in [9.17, 15) is 9.90 Å². The van der Waals surface area contributed by atoms with Gasteiger partial charge in [0.1, 0.15) is 5.82 Å². The van der Waals surface area contributed by atoms with Crippen LogP contribution in [0.1, 0.15) is 25.5 Å². The molecular formula is C14H24N4O2. The van der Waals surface area contributed by atoms with Crippen molar-refractivity contribution in [3.05, 3.63) is 11.8 Å². The molecule has 6 nitrogen and oxygen atoms in total. The Kier molecular flexibility index (Phi) is 4.77. The molecule has 2 rings (SSSR count). The lowest BCUT2D eigenvalue weighted by atomic mass is 9.92. The Balaban J connectivity index is 1.80. The fourth-order valence-electron chi connectivity index (χ4n) is 2.71. The van der Waals surface area contributed by atoms with Crippen molar-refractivity contribution in [3.63, 3.8) is 0 Å². The van der Waals surface area contributed by atoms with E-state index in [0.717, 1.165) is 37.4 Å². The van der Waals surface area contributed by atoms with Crippen LogP contribution in [0.25, 0.3) is 0 Å². The van der Waals surface area contributed by atoms with E-state index in [1.807, 2.05) is 27.0 Å². The number of rotatable bonds is 4. The van der Waals surface area contributed by atoms with Gasteiger partial charge in [0.25, 0.3) is 0 Å². The summed E-state index contributed by atoms with van der Waals surface area (Å²) in [6, 6.07) is 1.86. The fraction of sp³-hybridized carbons (Fsp3) is 0.714. The Hall–Kier alpha value is -1.40. The molecule has 1 amide bonds. The summed E-state index contributed by atoms with van der Waals surface area (Å²) in [6.45, 7) is 5.88. The van der Waals surface area contributed by atoms with Gasteiger partial charge in [0.05, 0.1) is 18.3 Å². The third-order valence-corrected chi connectivity index (χ3v) is 3.95. The van der Waals surface area contributed by atoms with E-state index in [2.05, 4.69) is 15.3 Å². The average Bonchev–Trinajstić information content (AvgIpc) is 2.68. The smallest absolute Gasteiger partial charge is 0.239 e. The van der Waals surface area contributed by atoms with Crippen molar-refractivity contribution >= 4 is 11.7 Å². The van der Waals surface area contributed by atoms with E-state index in [1.54, 1.807) is 4.68 Å². The second-order valence-corrected chi connectivity index (χ2v) is 5.70. The van der Waals surface area contributed by atoms with Crippen molar-refractivity contribution in [2.24, 2.45) is 13.0 Å². The first-order valence-electron chi connectivity index (χ1n) is 7.16. The number of aryl methyl sites for hydroxylation is 2. The molecule has 0 spiro atoms. The summed E-state index contributed by atoms with van der Waals surface area (Å²) >= 11 is 0. The fourth-order valence-corrected chi connectivity index (χ4v) is 2.71. The molecular weight excluding hydrogens is 256 g/mol. The zero-order chi connectivity index (χ0) is 14.7. The monoisotopic (exact) mass is 280 g/mol. The predicted octanol–water partition coefficient (Wildman–Crippen LogP) is 0.760. The minimum Gasteiger partial charge on any atom is -0.393 e. The van der Waals surface area contributed by atoms with Gasteiger partial charge in [0.2, 0.25) is 5.91 Å². The van der Waals surface area contributed by atoms with E-state index in [-0.39, 0.29) is 12.0 Å². The van der Waals surface area contributed by atoms with Crippen LogP contribution in [0.2, 0.25) is 0 Å². The maximum absolute atomic E-state index is 12.0. The molecule has 1 fully saturated rings. The topological polar surface area (TPSA) is 70.4 Å². The van der Waals surface area contributed by atoms with Gasteiger partial charge in [-0.3, -0.25) is 14.4 Å². The number of aliphatic hydroxyl groups is 1. The summed E-state index contributed by atoms with van der Waals surface area (Å²) in [6.07, 6.45) is 1.66. The standard InChI is InChI=1S/C14H24N4O2/c1-10-8-13(17(3)16-10)15-14(20)9-18-6-4-12(5-7-18)11(2)19/h8,11-12,19H,4-7,9H2,1-3H3,(H,15,20). The summed E-state index contributed by atoms with van der Waals surface area (Å²) in [5, 5.41) is 16.6.